The van der Waals surface area contributed by atoms with E-state index in [0.717, 1.165) is 28.1 Å². The topological polar surface area (TPSA) is 76.7 Å². The number of amides is 2. The van der Waals surface area contributed by atoms with Gasteiger partial charge in [0.1, 0.15) is 0 Å². The second-order valence-corrected chi connectivity index (χ2v) is 7.16. The summed E-state index contributed by atoms with van der Waals surface area (Å²) in [5, 5.41) is 5.84. The van der Waals surface area contributed by atoms with Crippen LogP contribution in [0.3, 0.4) is 0 Å². The van der Waals surface area contributed by atoms with Gasteiger partial charge in [-0.2, -0.15) is 0 Å². The first-order valence-electron chi connectivity index (χ1n) is 9.05. The molecular formula is C21H22N2O4. The number of ether oxygens (including phenoxy) is 2. The van der Waals surface area contributed by atoms with Gasteiger partial charge in [-0.15, -0.1) is 0 Å². The molecule has 6 nitrogen and oxygen atoms in total. The number of hydrogen-bond donors (Lipinski definition) is 2. The maximum absolute atomic E-state index is 12.4. The Balaban J connectivity index is 1.29. The molecule has 2 aliphatic rings. The second-order valence-electron chi connectivity index (χ2n) is 7.16. The first-order valence-corrected chi connectivity index (χ1v) is 9.05. The number of carbonyl (C=O) groups excluding carboxylic acids is 2. The predicted molar refractivity (Wildman–Crippen MR) is 101 cm³/mol. The Bertz CT molecular complexity index is 909. The van der Waals surface area contributed by atoms with Gasteiger partial charge in [0.2, 0.25) is 18.6 Å². The molecule has 0 spiro atoms. The fourth-order valence-electron chi connectivity index (χ4n) is 3.32. The van der Waals surface area contributed by atoms with Gasteiger partial charge in [0, 0.05) is 12.2 Å². The number of benzene rings is 2. The minimum absolute atomic E-state index is 0.0894. The van der Waals surface area contributed by atoms with Crippen molar-refractivity contribution < 1.29 is 19.1 Å². The van der Waals surface area contributed by atoms with Crippen molar-refractivity contribution in [2.24, 2.45) is 11.8 Å². The number of fused-ring (bicyclic) bond motifs is 1. The molecule has 1 heterocycles. The molecule has 4 rings (SSSR count). The number of nitrogens with one attached hydrogen (secondary N) is 2. The number of carbonyl (C=O) groups is 2. The Morgan fingerprint density at radius 3 is 2.59 bits per heavy atom. The molecule has 1 aliphatic carbocycles. The highest BCUT2D eigenvalue weighted by atomic mass is 16.7. The molecule has 6 heteroatoms. The predicted octanol–water partition coefficient (Wildman–Crippen LogP) is 2.92. The minimum atomic E-state index is -0.262. The van der Waals surface area contributed by atoms with Crippen LogP contribution in [-0.4, -0.2) is 18.6 Å². The number of rotatable bonds is 5. The van der Waals surface area contributed by atoms with Crippen molar-refractivity contribution in [3.63, 3.8) is 0 Å². The maximum Gasteiger partial charge on any atom is 0.231 e. The van der Waals surface area contributed by atoms with E-state index in [1.807, 2.05) is 50.2 Å². The molecule has 1 aliphatic heterocycles. The zero-order valence-electron chi connectivity index (χ0n) is 15.4. The van der Waals surface area contributed by atoms with Crippen molar-refractivity contribution in [3.05, 3.63) is 53.1 Å². The summed E-state index contributed by atoms with van der Waals surface area (Å²) in [6, 6.07) is 11.5. The Labute approximate surface area is 157 Å². The lowest BCUT2D eigenvalue weighted by Gasteiger charge is -2.09. The highest BCUT2D eigenvalue weighted by Crippen LogP contribution is 2.40. The molecule has 2 amide bonds. The van der Waals surface area contributed by atoms with E-state index in [-0.39, 0.29) is 30.4 Å². The molecule has 2 aromatic carbocycles. The SMILES string of the molecule is Cc1ccc(NC(=O)C2CC2C(=O)NCc2ccc3c(c2)OCO3)c(C)c1. The van der Waals surface area contributed by atoms with Crippen molar-refractivity contribution in [1.29, 1.82) is 0 Å². The van der Waals surface area contributed by atoms with Crippen LogP contribution in [0.25, 0.3) is 0 Å². The lowest BCUT2D eigenvalue weighted by molar-refractivity contribution is -0.125. The normalized spacial score (nSPS) is 19.5. The Hall–Kier alpha value is -3.02. The van der Waals surface area contributed by atoms with Crippen LogP contribution in [0.1, 0.15) is 23.1 Å². The Morgan fingerprint density at radius 1 is 1.00 bits per heavy atom. The molecule has 1 saturated carbocycles. The zero-order valence-corrected chi connectivity index (χ0v) is 15.4. The van der Waals surface area contributed by atoms with Crippen LogP contribution in [0.15, 0.2) is 36.4 Å². The molecule has 2 N–H and O–H groups in total. The van der Waals surface area contributed by atoms with Crippen molar-refractivity contribution in [3.8, 4) is 11.5 Å². The molecule has 140 valence electrons. The van der Waals surface area contributed by atoms with Gasteiger partial charge in [-0.1, -0.05) is 23.8 Å². The van der Waals surface area contributed by atoms with E-state index in [1.54, 1.807) is 0 Å². The van der Waals surface area contributed by atoms with Gasteiger partial charge in [0.15, 0.2) is 11.5 Å². The molecule has 2 atom stereocenters. The largest absolute Gasteiger partial charge is 0.454 e. The molecule has 0 aromatic heterocycles. The van der Waals surface area contributed by atoms with Gasteiger partial charge in [0.25, 0.3) is 0 Å². The van der Waals surface area contributed by atoms with E-state index in [0.29, 0.717) is 18.7 Å². The lowest BCUT2D eigenvalue weighted by Crippen LogP contribution is -2.27. The third-order valence-corrected chi connectivity index (χ3v) is 5.01. The zero-order chi connectivity index (χ0) is 19.0. The van der Waals surface area contributed by atoms with E-state index < -0.39 is 0 Å². The standard InChI is InChI=1S/C21H22N2O4/c1-12-3-5-17(13(2)7-12)23-21(25)16-9-15(16)20(24)22-10-14-4-6-18-19(8-14)27-11-26-18/h3-8,15-16H,9-11H2,1-2H3,(H,22,24)(H,23,25). The Morgan fingerprint density at radius 2 is 1.78 bits per heavy atom. The van der Waals surface area contributed by atoms with Gasteiger partial charge in [-0.25, -0.2) is 0 Å². The summed E-state index contributed by atoms with van der Waals surface area (Å²) in [7, 11) is 0. The van der Waals surface area contributed by atoms with Crippen LogP contribution in [0.2, 0.25) is 0 Å². The van der Waals surface area contributed by atoms with E-state index in [1.165, 1.54) is 0 Å². The van der Waals surface area contributed by atoms with E-state index >= 15 is 0 Å². The molecular weight excluding hydrogens is 344 g/mol. The van der Waals surface area contributed by atoms with Crippen LogP contribution in [-0.2, 0) is 16.1 Å². The highest BCUT2D eigenvalue weighted by Gasteiger charge is 2.48. The molecule has 1 fully saturated rings. The monoisotopic (exact) mass is 366 g/mol. The first kappa shape index (κ1) is 17.4. The molecule has 0 radical (unpaired) electrons. The average molecular weight is 366 g/mol. The van der Waals surface area contributed by atoms with Crippen molar-refractivity contribution in [2.75, 3.05) is 12.1 Å². The quantitative estimate of drug-likeness (QED) is 0.853. The van der Waals surface area contributed by atoms with Crippen molar-refractivity contribution >= 4 is 17.5 Å². The summed E-state index contributed by atoms with van der Waals surface area (Å²) in [4.78, 5) is 24.8. The third kappa shape index (κ3) is 3.74. The van der Waals surface area contributed by atoms with Crippen LogP contribution in [0.4, 0.5) is 5.69 Å². The maximum atomic E-state index is 12.4. The van der Waals surface area contributed by atoms with Crippen LogP contribution in [0.5, 0.6) is 11.5 Å². The van der Waals surface area contributed by atoms with Crippen LogP contribution < -0.4 is 20.1 Å². The fourth-order valence-corrected chi connectivity index (χ4v) is 3.32. The van der Waals surface area contributed by atoms with E-state index in [4.69, 9.17) is 9.47 Å². The van der Waals surface area contributed by atoms with Crippen LogP contribution >= 0.6 is 0 Å². The summed E-state index contributed by atoms with van der Waals surface area (Å²) in [5.74, 6) is 0.708. The summed E-state index contributed by atoms with van der Waals surface area (Å²) in [6.07, 6.45) is 0.587. The van der Waals surface area contributed by atoms with Gasteiger partial charge in [-0.05, 0) is 49.6 Å². The van der Waals surface area contributed by atoms with Crippen LogP contribution in [0, 0.1) is 25.7 Å². The van der Waals surface area contributed by atoms with Gasteiger partial charge < -0.3 is 20.1 Å². The summed E-state index contributed by atoms with van der Waals surface area (Å²) < 4.78 is 10.6. The van der Waals surface area contributed by atoms with Gasteiger partial charge >= 0.3 is 0 Å². The summed E-state index contributed by atoms with van der Waals surface area (Å²) in [6.45, 7) is 4.60. The molecule has 27 heavy (non-hydrogen) atoms. The number of anilines is 1. The lowest BCUT2D eigenvalue weighted by atomic mass is 10.1. The van der Waals surface area contributed by atoms with E-state index in [2.05, 4.69) is 10.6 Å². The fraction of sp³-hybridized carbons (Fsp3) is 0.333. The minimum Gasteiger partial charge on any atom is -0.454 e. The molecule has 0 bridgehead atoms. The summed E-state index contributed by atoms with van der Waals surface area (Å²) in [5.41, 5.74) is 3.91. The van der Waals surface area contributed by atoms with E-state index in [9.17, 15) is 9.59 Å². The summed E-state index contributed by atoms with van der Waals surface area (Å²) >= 11 is 0. The smallest absolute Gasteiger partial charge is 0.231 e. The average Bonchev–Trinajstić information content (AvgIpc) is 3.32. The Kier molecular flexibility index (Phi) is 4.48. The van der Waals surface area contributed by atoms with Gasteiger partial charge in [-0.3, -0.25) is 9.59 Å². The highest BCUT2D eigenvalue weighted by molar-refractivity contribution is 5.99. The molecule has 0 saturated heterocycles. The number of aryl methyl sites for hydroxylation is 2. The van der Waals surface area contributed by atoms with Crippen molar-refractivity contribution in [2.45, 2.75) is 26.8 Å². The first-order chi connectivity index (χ1) is 13.0. The van der Waals surface area contributed by atoms with Crippen molar-refractivity contribution in [1.82, 2.24) is 5.32 Å². The molecule has 2 unspecified atom stereocenters. The van der Waals surface area contributed by atoms with Gasteiger partial charge in [0.05, 0.1) is 11.8 Å². The molecule has 2 aromatic rings. The number of hydrogen-bond acceptors (Lipinski definition) is 4. The second kappa shape index (κ2) is 6.95. The third-order valence-electron chi connectivity index (χ3n) is 5.01.